The summed E-state index contributed by atoms with van der Waals surface area (Å²) in [6, 6.07) is 3.82. The van der Waals surface area contributed by atoms with Crippen LogP contribution in [0.5, 0.6) is 11.5 Å². The number of halogens is 1. The highest BCUT2D eigenvalue weighted by molar-refractivity contribution is 9.10. The van der Waals surface area contributed by atoms with Crippen LogP contribution in [0.15, 0.2) is 21.6 Å². The molecule has 1 heterocycles. The molecule has 0 amide bonds. The number of hydrogen-bond acceptors (Lipinski definition) is 5. The number of ether oxygens (including phenoxy) is 3. The number of likely N-dealkylation sites (tertiary alicyclic amines) is 1. The van der Waals surface area contributed by atoms with Crippen LogP contribution in [0.4, 0.5) is 0 Å². The highest BCUT2D eigenvalue weighted by Crippen LogP contribution is 2.33. The first kappa shape index (κ1) is 21.3. The lowest BCUT2D eigenvalue weighted by atomic mass is 9.98. The van der Waals surface area contributed by atoms with Crippen LogP contribution in [0.1, 0.15) is 25.3 Å². The molecule has 7 nitrogen and oxygen atoms in total. The first-order chi connectivity index (χ1) is 13.0. The molecule has 8 heteroatoms. The molecule has 1 unspecified atom stereocenters. The van der Waals surface area contributed by atoms with Crippen molar-refractivity contribution in [3.63, 3.8) is 0 Å². The lowest BCUT2D eigenvalue weighted by Crippen LogP contribution is -2.48. The van der Waals surface area contributed by atoms with Gasteiger partial charge in [-0.3, -0.25) is 9.79 Å². The fourth-order valence-electron chi connectivity index (χ4n) is 3.16. The number of rotatable bonds is 6. The summed E-state index contributed by atoms with van der Waals surface area (Å²) >= 11 is 3.58. The van der Waals surface area contributed by atoms with Crippen LogP contribution in [0.2, 0.25) is 0 Å². The second kappa shape index (κ2) is 10.4. The summed E-state index contributed by atoms with van der Waals surface area (Å²) in [5.41, 5.74) is 1.02. The highest BCUT2D eigenvalue weighted by atomic mass is 79.9. The van der Waals surface area contributed by atoms with Crippen LogP contribution in [-0.4, -0.2) is 57.8 Å². The molecule has 1 aromatic carbocycles. The van der Waals surface area contributed by atoms with Crippen molar-refractivity contribution in [2.24, 2.45) is 10.9 Å². The Morgan fingerprint density at radius 1 is 1.33 bits per heavy atom. The topological polar surface area (TPSA) is 72.4 Å². The number of carbonyl (C=O) groups is 1. The lowest BCUT2D eigenvalue weighted by molar-refractivity contribution is -0.149. The van der Waals surface area contributed by atoms with Crippen LogP contribution in [-0.2, 0) is 16.1 Å². The molecular formula is C19H28BrN3O4. The van der Waals surface area contributed by atoms with Crippen molar-refractivity contribution in [3.05, 3.63) is 22.2 Å². The van der Waals surface area contributed by atoms with Crippen molar-refractivity contribution < 1.29 is 19.0 Å². The smallest absolute Gasteiger partial charge is 0.310 e. The molecule has 1 saturated heterocycles. The molecule has 1 aliphatic rings. The molecule has 0 aliphatic carbocycles. The van der Waals surface area contributed by atoms with Gasteiger partial charge in [-0.15, -0.1) is 0 Å². The number of piperidine rings is 1. The molecule has 0 saturated carbocycles. The number of nitrogens with one attached hydrogen (secondary N) is 1. The molecule has 0 aromatic heterocycles. The van der Waals surface area contributed by atoms with E-state index in [1.807, 2.05) is 19.1 Å². The van der Waals surface area contributed by atoms with Gasteiger partial charge in [0.05, 0.1) is 26.7 Å². The number of benzene rings is 1. The standard InChI is InChI=1S/C19H28BrN3O4/c1-5-27-18(24)13-7-6-8-23(12-13)19(21-2)22-11-14-9-16(25-3)17(26-4)10-15(14)20/h9-10,13H,5-8,11-12H2,1-4H3,(H,21,22). The number of nitrogens with zero attached hydrogens (tertiary/aromatic N) is 2. The van der Waals surface area contributed by atoms with Gasteiger partial charge in [-0.1, -0.05) is 15.9 Å². The van der Waals surface area contributed by atoms with E-state index in [1.54, 1.807) is 21.3 Å². The second-order valence-electron chi connectivity index (χ2n) is 6.24. The van der Waals surface area contributed by atoms with E-state index in [0.717, 1.165) is 35.4 Å². The largest absolute Gasteiger partial charge is 0.493 e. The summed E-state index contributed by atoms with van der Waals surface area (Å²) in [6.45, 7) is 4.29. The zero-order chi connectivity index (χ0) is 19.8. The van der Waals surface area contributed by atoms with Crippen LogP contribution in [0.3, 0.4) is 0 Å². The number of hydrogen-bond donors (Lipinski definition) is 1. The van der Waals surface area contributed by atoms with E-state index >= 15 is 0 Å². The van der Waals surface area contributed by atoms with Crippen LogP contribution < -0.4 is 14.8 Å². The predicted molar refractivity (Wildman–Crippen MR) is 108 cm³/mol. The van der Waals surface area contributed by atoms with Crippen LogP contribution in [0, 0.1) is 5.92 Å². The third kappa shape index (κ3) is 5.51. The van der Waals surface area contributed by atoms with E-state index < -0.39 is 0 Å². The van der Waals surface area contributed by atoms with Gasteiger partial charge in [-0.2, -0.15) is 0 Å². The zero-order valence-electron chi connectivity index (χ0n) is 16.4. The molecular weight excluding hydrogens is 414 g/mol. The highest BCUT2D eigenvalue weighted by Gasteiger charge is 2.28. The van der Waals surface area contributed by atoms with Gasteiger partial charge < -0.3 is 24.4 Å². The summed E-state index contributed by atoms with van der Waals surface area (Å²) in [5.74, 6) is 1.88. The van der Waals surface area contributed by atoms with Crippen molar-refractivity contribution in [3.8, 4) is 11.5 Å². The third-order valence-corrected chi connectivity index (χ3v) is 5.28. The van der Waals surface area contributed by atoms with Crippen LogP contribution >= 0.6 is 15.9 Å². The molecule has 0 bridgehead atoms. The molecule has 1 aromatic rings. The lowest BCUT2D eigenvalue weighted by Gasteiger charge is -2.34. The van der Waals surface area contributed by atoms with Gasteiger partial charge in [-0.25, -0.2) is 0 Å². The fourth-order valence-corrected chi connectivity index (χ4v) is 3.62. The third-order valence-electron chi connectivity index (χ3n) is 4.54. The monoisotopic (exact) mass is 441 g/mol. The maximum absolute atomic E-state index is 12.1. The van der Waals surface area contributed by atoms with E-state index in [4.69, 9.17) is 14.2 Å². The van der Waals surface area contributed by atoms with Gasteiger partial charge in [0.2, 0.25) is 0 Å². The Bertz CT molecular complexity index is 681. The molecule has 0 radical (unpaired) electrons. The molecule has 1 atom stereocenters. The molecule has 2 rings (SSSR count). The van der Waals surface area contributed by atoms with Crippen molar-refractivity contribution in [1.82, 2.24) is 10.2 Å². The van der Waals surface area contributed by atoms with Gasteiger partial charge in [0.15, 0.2) is 17.5 Å². The summed E-state index contributed by atoms with van der Waals surface area (Å²) in [6.07, 6.45) is 1.79. The fraction of sp³-hybridized carbons (Fsp3) is 0.579. The zero-order valence-corrected chi connectivity index (χ0v) is 18.0. The normalized spacial score (nSPS) is 17.4. The first-order valence-electron chi connectivity index (χ1n) is 9.06. The van der Waals surface area contributed by atoms with E-state index in [0.29, 0.717) is 31.2 Å². The Kier molecular flexibility index (Phi) is 8.22. The Balaban J connectivity index is 2.04. The molecule has 1 aliphatic heterocycles. The van der Waals surface area contributed by atoms with Gasteiger partial charge in [0.1, 0.15) is 0 Å². The van der Waals surface area contributed by atoms with Crippen molar-refractivity contribution in [2.75, 3.05) is 41.0 Å². The molecule has 1 fully saturated rings. The van der Waals surface area contributed by atoms with Crippen molar-refractivity contribution in [1.29, 1.82) is 0 Å². The van der Waals surface area contributed by atoms with Gasteiger partial charge >= 0.3 is 5.97 Å². The van der Waals surface area contributed by atoms with E-state index in [2.05, 4.69) is 31.1 Å². The molecule has 27 heavy (non-hydrogen) atoms. The Labute approximate surface area is 169 Å². The summed E-state index contributed by atoms with van der Waals surface area (Å²) < 4.78 is 16.8. The Morgan fingerprint density at radius 3 is 2.67 bits per heavy atom. The van der Waals surface area contributed by atoms with Crippen molar-refractivity contribution >= 4 is 27.9 Å². The first-order valence-corrected chi connectivity index (χ1v) is 9.85. The van der Waals surface area contributed by atoms with E-state index in [1.165, 1.54) is 0 Å². The summed E-state index contributed by atoms with van der Waals surface area (Å²) in [7, 11) is 4.98. The SMILES string of the molecule is CCOC(=O)C1CCCN(C(=NC)NCc2cc(OC)c(OC)cc2Br)C1. The minimum absolute atomic E-state index is 0.106. The van der Waals surface area contributed by atoms with E-state index in [-0.39, 0.29) is 11.9 Å². The Hall–Kier alpha value is -1.96. The van der Waals surface area contributed by atoms with Crippen LogP contribution in [0.25, 0.3) is 0 Å². The van der Waals surface area contributed by atoms with E-state index in [9.17, 15) is 4.79 Å². The number of guanidine groups is 1. The van der Waals surface area contributed by atoms with Gasteiger partial charge in [-0.05, 0) is 37.5 Å². The maximum atomic E-state index is 12.1. The van der Waals surface area contributed by atoms with Crippen molar-refractivity contribution in [2.45, 2.75) is 26.3 Å². The number of carbonyl (C=O) groups excluding carboxylic acids is 1. The summed E-state index contributed by atoms with van der Waals surface area (Å²) in [4.78, 5) is 18.6. The molecule has 150 valence electrons. The van der Waals surface area contributed by atoms with Gasteiger partial charge in [0.25, 0.3) is 0 Å². The quantitative estimate of drug-likeness (QED) is 0.415. The Morgan fingerprint density at radius 2 is 2.04 bits per heavy atom. The molecule has 0 spiro atoms. The second-order valence-corrected chi connectivity index (χ2v) is 7.09. The molecule has 1 N–H and O–H groups in total. The maximum Gasteiger partial charge on any atom is 0.310 e. The average molecular weight is 442 g/mol. The number of methoxy groups -OCH3 is 2. The number of esters is 1. The summed E-state index contributed by atoms with van der Waals surface area (Å²) in [5, 5.41) is 3.37. The minimum Gasteiger partial charge on any atom is -0.493 e. The average Bonchev–Trinajstić information content (AvgIpc) is 2.69. The van der Waals surface area contributed by atoms with Gasteiger partial charge in [0, 0.05) is 31.2 Å². The predicted octanol–water partition coefficient (Wildman–Crippen LogP) is 2.82. The minimum atomic E-state index is -0.125. The number of aliphatic imine (C=N–C) groups is 1.